The summed E-state index contributed by atoms with van der Waals surface area (Å²) in [6.07, 6.45) is 0.632. The summed E-state index contributed by atoms with van der Waals surface area (Å²) >= 11 is 3.53. The molecule has 2 aromatic carbocycles. The van der Waals surface area contributed by atoms with Gasteiger partial charge in [0.15, 0.2) is 0 Å². The van der Waals surface area contributed by atoms with Crippen LogP contribution in [0.5, 0.6) is 5.75 Å². The molecule has 2 unspecified atom stereocenters. The second-order valence-electron chi connectivity index (χ2n) is 7.92. The maximum Gasteiger partial charge on any atom is 0.247 e. The topological polar surface area (TPSA) is 115 Å². The van der Waals surface area contributed by atoms with E-state index in [2.05, 4.69) is 20.9 Å². The van der Waals surface area contributed by atoms with E-state index < -0.39 is 23.1 Å². The number of fused-ring (bicyclic) bond motifs is 1. The number of para-hydroxylation sites is 1. The minimum Gasteiger partial charge on any atom is -0.488 e. The van der Waals surface area contributed by atoms with Crippen molar-refractivity contribution in [3.8, 4) is 5.75 Å². The van der Waals surface area contributed by atoms with Gasteiger partial charge in [-0.15, -0.1) is 0 Å². The highest BCUT2D eigenvalue weighted by molar-refractivity contribution is 9.10. The average Bonchev–Trinajstić information content (AvgIpc) is 3.48. The van der Waals surface area contributed by atoms with E-state index in [0.717, 1.165) is 32.2 Å². The van der Waals surface area contributed by atoms with Gasteiger partial charge in [-0.25, -0.2) is 5.48 Å². The fraction of sp³-hybridized carbons (Fsp3) is 0.261. The Bertz CT molecular complexity index is 1180. The van der Waals surface area contributed by atoms with Crippen LogP contribution >= 0.6 is 15.9 Å². The van der Waals surface area contributed by atoms with Gasteiger partial charge < -0.3 is 10.5 Å². The summed E-state index contributed by atoms with van der Waals surface area (Å²) < 4.78 is 6.79. The molecule has 2 amide bonds. The Morgan fingerprint density at radius 3 is 2.77 bits per heavy atom. The number of aromatic nitrogens is 1. The molecule has 1 aliphatic carbocycles. The zero-order valence-corrected chi connectivity index (χ0v) is 18.5. The highest BCUT2D eigenvalue weighted by Gasteiger charge is 2.62. The molecule has 7 nitrogen and oxygen atoms in total. The van der Waals surface area contributed by atoms with Gasteiger partial charge in [0, 0.05) is 16.6 Å². The van der Waals surface area contributed by atoms with Crippen LogP contribution in [0.15, 0.2) is 53.0 Å². The predicted molar refractivity (Wildman–Crippen MR) is 118 cm³/mol. The molecule has 31 heavy (non-hydrogen) atoms. The Morgan fingerprint density at radius 2 is 2.06 bits per heavy atom. The second kappa shape index (κ2) is 8.28. The number of primary amides is 1. The lowest BCUT2D eigenvalue weighted by atomic mass is 9.93. The molecule has 8 heteroatoms. The third-order valence-corrected chi connectivity index (χ3v) is 6.44. The first-order valence-corrected chi connectivity index (χ1v) is 10.6. The molecule has 4 N–H and O–H groups in total. The number of nitrogens with zero attached hydrogens (tertiary/aromatic N) is 1. The van der Waals surface area contributed by atoms with Gasteiger partial charge in [-0.2, -0.15) is 0 Å². The Morgan fingerprint density at radius 1 is 1.29 bits per heavy atom. The lowest BCUT2D eigenvalue weighted by Crippen LogP contribution is -2.33. The first kappa shape index (κ1) is 21.3. The molecule has 0 spiro atoms. The summed E-state index contributed by atoms with van der Waals surface area (Å²) in [5, 5.41) is 9.91. The van der Waals surface area contributed by atoms with Crippen LogP contribution in [0.25, 0.3) is 10.9 Å². The molecule has 2 atom stereocenters. The van der Waals surface area contributed by atoms with Crippen LogP contribution in [0.1, 0.15) is 23.2 Å². The quantitative estimate of drug-likeness (QED) is 0.351. The normalized spacial score (nSPS) is 19.8. The monoisotopic (exact) mass is 483 g/mol. The van der Waals surface area contributed by atoms with Crippen molar-refractivity contribution < 1.29 is 19.5 Å². The zero-order valence-electron chi connectivity index (χ0n) is 16.9. The Labute approximate surface area is 187 Å². The Kier molecular flexibility index (Phi) is 5.68. The number of hydroxylamine groups is 1. The number of ether oxygens (including phenoxy) is 1. The number of pyridine rings is 1. The van der Waals surface area contributed by atoms with Crippen molar-refractivity contribution in [1.82, 2.24) is 10.5 Å². The van der Waals surface area contributed by atoms with E-state index in [0.29, 0.717) is 25.2 Å². The zero-order chi connectivity index (χ0) is 22.2. The molecular weight excluding hydrogens is 462 g/mol. The molecule has 1 heterocycles. The van der Waals surface area contributed by atoms with E-state index in [1.165, 1.54) is 0 Å². The fourth-order valence-corrected chi connectivity index (χ4v) is 4.63. The van der Waals surface area contributed by atoms with Gasteiger partial charge in [0.2, 0.25) is 11.8 Å². The highest BCUT2D eigenvalue weighted by Crippen LogP contribution is 2.55. The first-order valence-electron chi connectivity index (χ1n) is 9.84. The number of hydrogen-bond acceptors (Lipinski definition) is 5. The molecule has 0 aliphatic heterocycles. The number of benzene rings is 2. The number of amides is 2. The van der Waals surface area contributed by atoms with Crippen molar-refractivity contribution in [2.45, 2.75) is 26.4 Å². The number of carbonyl (C=O) groups is 2. The molecule has 1 aliphatic rings. The number of rotatable bonds is 7. The number of hydrogen-bond donors (Lipinski definition) is 3. The van der Waals surface area contributed by atoms with Crippen molar-refractivity contribution in [3.63, 3.8) is 0 Å². The smallest absolute Gasteiger partial charge is 0.247 e. The molecule has 1 fully saturated rings. The Hall–Kier alpha value is -2.97. The molecule has 0 radical (unpaired) electrons. The predicted octanol–water partition coefficient (Wildman–Crippen LogP) is 3.42. The second-order valence-corrected chi connectivity index (χ2v) is 8.78. The number of carbonyl (C=O) groups excluding carboxylic acids is 2. The Balaban J connectivity index is 1.50. The van der Waals surface area contributed by atoms with E-state index in [1.54, 1.807) is 5.48 Å². The van der Waals surface area contributed by atoms with E-state index in [4.69, 9.17) is 15.7 Å². The first-order chi connectivity index (χ1) is 14.8. The van der Waals surface area contributed by atoms with Crippen molar-refractivity contribution in [3.05, 3.63) is 69.8 Å². The number of aryl methyl sites for hydroxylation is 1. The maximum atomic E-state index is 12.0. The summed E-state index contributed by atoms with van der Waals surface area (Å²) in [6, 6.07) is 15.5. The van der Waals surface area contributed by atoms with Gasteiger partial charge in [-0.3, -0.25) is 19.8 Å². The largest absolute Gasteiger partial charge is 0.488 e. The fourth-order valence-electron chi connectivity index (χ4n) is 4.09. The van der Waals surface area contributed by atoms with Crippen LogP contribution < -0.4 is 16.0 Å². The van der Waals surface area contributed by atoms with Gasteiger partial charge in [-0.05, 0) is 65.5 Å². The molecule has 1 saturated carbocycles. The summed E-state index contributed by atoms with van der Waals surface area (Å²) in [5.41, 5.74) is 9.94. The van der Waals surface area contributed by atoms with Crippen LogP contribution in [0, 0.1) is 18.3 Å². The van der Waals surface area contributed by atoms with Gasteiger partial charge in [-0.1, -0.05) is 24.3 Å². The van der Waals surface area contributed by atoms with Crippen LogP contribution in [0.2, 0.25) is 0 Å². The van der Waals surface area contributed by atoms with Gasteiger partial charge >= 0.3 is 0 Å². The molecule has 0 bridgehead atoms. The number of halogens is 1. The third kappa shape index (κ3) is 4.13. The molecule has 3 aromatic rings. The summed E-state index contributed by atoms with van der Waals surface area (Å²) in [7, 11) is 0. The van der Waals surface area contributed by atoms with Crippen LogP contribution in [0.4, 0.5) is 0 Å². The van der Waals surface area contributed by atoms with Gasteiger partial charge in [0.05, 0.1) is 21.3 Å². The van der Waals surface area contributed by atoms with E-state index in [1.807, 2.05) is 55.5 Å². The van der Waals surface area contributed by atoms with E-state index in [9.17, 15) is 9.59 Å². The van der Waals surface area contributed by atoms with Crippen molar-refractivity contribution >= 4 is 38.6 Å². The minimum atomic E-state index is -0.970. The van der Waals surface area contributed by atoms with Crippen LogP contribution in [-0.4, -0.2) is 22.0 Å². The maximum absolute atomic E-state index is 12.0. The third-order valence-electron chi connectivity index (χ3n) is 5.82. The SMILES string of the molecule is Cc1cc(COc2ccc(CC3(C(N)=O)CC3C(=O)NO)cc2Br)c2ccccc2n1. The van der Waals surface area contributed by atoms with Gasteiger partial charge in [0.25, 0.3) is 0 Å². The van der Waals surface area contributed by atoms with Gasteiger partial charge in [0.1, 0.15) is 12.4 Å². The molecule has 160 valence electrons. The summed E-state index contributed by atoms with van der Waals surface area (Å²) in [5.74, 6) is -1.08. The van der Waals surface area contributed by atoms with Crippen LogP contribution in [0.3, 0.4) is 0 Å². The molecule has 4 rings (SSSR count). The number of nitrogens with two attached hydrogens (primary N) is 1. The summed E-state index contributed by atoms with van der Waals surface area (Å²) in [4.78, 5) is 28.3. The minimum absolute atomic E-state index is 0.313. The number of nitrogens with one attached hydrogen (secondary N) is 1. The van der Waals surface area contributed by atoms with Crippen molar-refractivity contribution in [1.29, 1.82) is 0 Å². The van der Waals surface area contributed by atoms with E-state index in [-0.39, 0.29) is 0 Å². The van der Waals surface area contributed by atoms with Crippen LogP contribution in [-0.2, 0) is 22.6 Å². The van der Waals surface area contributed by atoms with E-state index >= 15 is 0 Å². The lowest BCUT2D eigenvalue weighted by Gasteiger charge is -2.15. The molecule has 1 aromatic heterocycles. The van der Waals surface area contributed by atoms with Crippen molar-refractivity contribution in [2.75, 3.05) is 0 Å². The molecular formula is C23H22BrN3O4. The highest BCUT2D eigenvalue weighted by atomic mass is 79.9. The lowest BCUT2D eigenvalue weighted by molar-refractivity contribution is -0.134. The average molecular weight is 484 g/mol. The van der Waals surface area contributed by atoms with Crippen molar-refractivity contribution in [2.24, 2.45) is 17.1 Å². The summed E-state index contributed by atoms with van der Waals surface area (Å²) in [6.45, 7) is 2.34. The standard InChI is InChI=1S/C23H22BrN3O4/c1-13-8-15(16-4-2-3-5-19(16)26-13)12-31-20-7-6-14(9-18(20)24)10-23(22(25)29)11-17(23)21(28)27-30/h2-9,17,30H,10-12H2,1H3,(H2,25,29)(H,27,28). The molecule has 0 saturated heterocycles.